The minimum Gasteiger partial charge on any atom is -0.303 e. The quantitative estimate of drug-likeness (QED) is 0.207. The number of hydrogen-bond acceptors (Lipinski definition) is 2. The molecule has 0 amide bonds. The summed E-state index contributed by atoms with van der Waals surface area (Å²) in [5, 5.41) is 12.9. The number of nitrogens with zero attached hydrogens (tertiary/aromatic N) is 2. The maximum absolute atomic E-state index is 10.5. The lowest BCUT2D eigenvalue weighted by atomic mass is 9.69. The van der Waals surface area contributed by atoms with E-state index in [2.05, 4.69) is 128 Å². The zero-order valence-electron chi connectivity index (χ0n) is 24.1. The summed E-state index contributed by atoms with van der Waals surface area (Å²) in [5.41, 5.74) is 9.04. The Morgan fingerprint density at radius 3 is 1.98 bits per heavy atom. The van der Waals surface area contributed by atoms with Gasteiger partial charge in [-0.25, -0.2) is 0 Å². The van der Waals surface area contributed by atoms with Crippen LogP contribution in [-0.4, -0.2) is 24.5 Å². The molecule has 0 spiro atoms. The van der Waals surface area contributed by atoms with E-state index in [1.807, 2.05) is 0 Å². The van der Waals surface area contributed by atoms with E-state index in [4.69, 9.17) is 0 Å². The second kappa shape index (κ2) is 12.5. The summed E-state index contributed by atoms with van der Waals surface area (Å²) in [5.74, 6) is 0.250. The average molecular weight is 559 g/mol. The summed E-state index contributed by atoms with van der Waals surface area (Å²) in [6, 6.07) is 35.5. The highest BCUT2D eigenvalue weighted by Crippen LogP contribution is 2.40. The molecule has 1 unspecified atom stereocenters. The molecule has 1 aliphatic carbocycles. The van der Waals surface area contributed by atoms with Crippen molar-refractivity contribution in [2.75, 3.05) is 19.6 Å². The maximum atomic E-state index is 10.5. The summed E-state index contributed by atoms with van der Waals surface area (Å²) in [6.45, 7) is 7.60. The summed E-state index contributed by atoms with van der Waals surface area (Å²) >= 11 is 0. The van der Waals surface area contributed by atoms with Crippen molar-refractivity contribution in [3.8, 4) is 6.07 Å². The Bertz CT molecular complexity index is 1580. The highest BCUT2D eigenvalue weighted by atomic mass is 35.5. The van der Waals surface area contributed by atoms with E-state index >= 15 is 0 Å². The zero-order valence-corrected chi connectivity index (χ0v) is 25.0. The largest absolute Gasteiger partial charge is 0.303 e. The molecule has 0 bridgehead atoms. The summed E-state index contributed by atoms with van der Waals surface area (Å²) in [7, 11) is 0. The van der Waals surface area contributed by atoms with Crippen LogP contribution in [0.2, 0.25) is 0 Å². The van der Waals surface area contributed by atoms with E-state index in [0.717, 1.165) is 50.9 Å². The van der Waals surface area contributed by atoms with Crippen LogP contribution < -0.4 is 0 Å². The van der Waals surface area contributed by atoms with Crippen LogP contribution in [0.3, 0.4) is 0 Å². The Labute approximate surface area is 251 Å². The van der Waals surface area contributed by atoms with Gasteiger partial charge in [0, 0.05) is 13.1 Å². The molecule has 208 valence electrons. The van der Waals surface area contributed by atoms with Gasteiger partial charge in [-0.3, -0.25) is 0 Å². The number of piperidine rings is 1. The maximum Gasteiger partial charge on any atom is 0.0845 e. The lowest BCUT2D eigenvalue weighted by Gasteiger charge is -2.34. The Hall–Kier alpha value is -3.64. The van der Waals surface area contributed by atoms with Crippen molar-refractivity contribution in [3.05, 3.63) is 124 Å². The van der Waals surface area contributed by atoms with Gasteiger partial charge >= 0.3 is 0 Å². The smallest absolute Gasteiger partial charge is 0.0845 e. The third kappa shape index (κ3) is 5.62. The number of rotatable bonds is 6. The van der Waals surface area contributed by atoms with Gasteiger partial charge < -0.3 is 4.90 Å². The van der Waals surface area contributed by atoms with Crippen LogP contribution in [0.5, 0.6) is 0 Å². The first kappa shape index (κ1) is 28.9. The summed E-state index contributed by atoms with van der Waals surface area (Å²) in [6.07, 6.45) is 8.63. The van der Waals surface area contributed by atoms with Crippen LogP contribution in [0, 0.1) is 17.2 Å². The predicted octanol–water partition coefficient (Wildman–Crippen LogP) is 9.54. The average Bonchev–Trinajstić information content (AvgIpc) is 3.16. The Morgan fingerprint density at radius 1 is 0.780 bits per heavy atom. The standard InChI is InChI=1S/C38H38N2.ClH/c1-28(2)38(27-39,34-19-18-29-10-3-4-13-33(29)26-34)22-9-23-40-24-20-32(21-25-40)37-35-14-7-5-11-30(35)16-17-31-12-6-8-15-36(31)37;/h3-8,10-19,26,28H,9,20-25H2,1-2H3;1H. The molecule has 2 nitrogen and oxygen atoms in total. The molecule has 0 N–H and O–H groups in total. The van der Waals surface area contributed by atoms with Crippen LogP contribution in [0.25, 0.3) is 28.5 Å². The lowest BCUT2D eigenvalue weighted by Crippen LogP contribution is -2.35. The van der Waals surface area contributed by atoms with Gasteiger partial charge in [0.1, 0.15) is 0 Å². The second-order valence-electron chi connectivity index (χ2n) is 11.7. The highest BCUT2D eigenvalue weighted by molar-refractivity contribution is 5.95. The van der Waals surface area contributed by atoms with Crippen LogP contribution >= 0.6 is 12.4 Å². The molecule has 4 aromatic carbocycles. The van der Waals surface area contributed by atoms with Gasteiger partial charge in [-0.1, -0.05) is 117 Å². The molecule has 4 aromatic rings. The molecule has 0 saturated carbocycles. The molecule has 0 aromatic heterocycles. The molecular formula is C38H39ClN2. The van der Waals surface area contributed by atoms with Crippen molar-refractivity contribution in [3.63, 3.8) is 0 Å². The van der Waals surface area contributed by atoms with E-state index in [1.165, 1.54) is 38.6 Å². The van der Waals surface area contributed by atoms with Crippen molar-refractivity contribution in [1.29, 1.82) is 5.26 Å². The van der Waals surface area contributed by atoms with E-state index in [0.29, 0.717) is 0 Å². The predicted molar refractivity (Wildman–Crippen MR) is 176 cm³/mol. The van der Waals surface area contributed by atoms with Crippen molar-refractivity contribution in [2.24, 2.45) is 5.92 Å². The lowest BCUT2D eigenvalue weighted by molar-refractivity contribution is 0.238. The molecule has 1 heterocycles. The van der Waals surface area contributed by atoms with Crippen LogP contribution in [-0.2, 0) is 5.41 Å². The third-order valence-electron chi connectivity index (χ3n) is 9.21. The number of benzene rings is 4. The summed E-state index contributed by atoms with van der Waals surface area (Å²) in [4.78, 5) is 2.61. The van der Waals surface area contributed by atoms with Gasteiger partial charge in [-0.15, -0.1) is 12.4 Å². The van der Waals surface area contributed by atoms with Gasteiger partial charge in [0.25, 0.3) is 0 Å². The molecule has 41 heavy (non-hydrogen) atoms. The van der Waals surface area contributed by atoms with Crippen molar-refractivity contribution >= 4 is 40.9 Å². The number of nitriles is 1. The number of likely N-dealkylation sites (tertiary alicyclic amines) is 1. The van der Waals surface area contributed by atoms with Gasteiger partial charge in [-0.2, -0.15) is 5.26 Å². The third-order valence-corrected chi connectivity index (χ3v) is 9.21. The molecule has 3 heteroatoms. The van der Waals surface area contributed by atoms with Gasteiger partial charge in [-0.05, 0) is 88.4 Å². The second-order valence-corrected chi connectivity index (χ2v) is 11.7. The Morgan fingerprint density at radius 2 is 1.37 bits per heavy atom. The minimum absolute atomic E-state index is 0. The topological polar surface area (TPSA) is 27.0 Å². The fourth-order valence-electron chi connectivity index (χ4n) is 6.81. The van der Waals surface area contributed by atoms with Crippen LogP contribution in [0.1, 0.15) is 67.3 Å². The van der Waals surface area contributed by atoms with E-state index in [-0.39, 0.29) is 18.3 Å². The zero-order chi connectivity index (χ0) is 27.5. The number of fused-ring (bicyclic) bond motifs is 3. The van der Waals surface area contributed by atoms with E-state index in [9.17, 15) is 5.26 Å². The first-order valence-electron chi connectivity index (χ1n) is 14.8. The highest BCUT2D eigenvalue weighted by Gasteiger charge is 2.36. The first-order chi connectivity index (χ1) is 19.6. The van der Waals surface area contributed by atoms with Crippen LogP contribution in [0.15, 0.2) is 96.6 Å². The van der Waals surface area contributed by atoms with E-state index in [1.54, 1.807) is 5.57 Å². The number of halogens is 1. The van der Waals surface area contributed by atoms with Gasteiger partial charge in [0.05, 0.1) is 11.5 Å². The molecule has 1 aliphatic heterocycles. The van der Waals surface area contributed by atoms with Crippen LogP contribution in [0.4, 0.5) is 0 Å². The Balaban J connectivity index is 0.00000337. The molecule has 0 radical (unpaired) electrons. The fourth-order valence-corrected chi connectivity index (χ4v) is 6.81. The normalized spacial score (nSPS) is 16.3. The van der Waals surface area contributed by atoms with Crippen molar-refractivity contribution < 1.29 is 0 Å². The molecule has 1 atom stereocenters. The Kier molecular flexibility index (Phi) is 8.79. The summed E-state index contributed by atoms with van der Waals surface area (Å²) < 4.78 is 0. The molecule has 1 fully saturated rings. The number of hydrogen-bond donors (Lipinski definition) is 0. The molecule has 2 aliphatic rings. The minimum atomic E-state index is -0.465. The van der Waals surface area contributed by atoms with Crippen molar-refractivity contribution in [1.82, 2.24) is 4.90 Å². The molecule has 1 saturated heterocycles. The van der Waals surface area contributed by atoms with Crippen molar-refractivity contribution in [2.45, 2.75) is 44.9 Å². The molecule has 6 rings (SSSR count). The van der Waals surface area contributed by atoms with E-state index < -0.39 is 5.41 Å². The SMILES string of the molecule is CC(C)C(C#N)(CCCN1CCC(=C2c3ccccc3C=Cc3ccccc32)CC1)c1ccc2ccccc2c1.Cl. The first-order valence-corrected chi connectivity index (χ1v) is 14.8. The van der Waals surface area contributed by atoms with Gasteiger partial charge in [0.15, 0.2) is 0 Å². The fraction of sp³-hybridized carbons (Fsp3) is 0.289. The molecular weight excluding hydrogens is 520 g/mol. The monoisotopic (exact) mass is 558 g/mol. The van der Waals surface area contributed by atoms with Gasteiger partial charge in [0.2, 0.25) is 0 Å².